The van der Waals surface area contributed by atoms with Gasteiger partial charge >= 0.3 is 136 Å². The van der Waals surface area contributed by atoms with Crippen molar-refractivity contribution in [2.75, 3.05) is 0 Å². The molecule has 0 aromatic carbocycles. The van der Waals surface area contributed by atoms with E-state index in [1.54, 1.807) is 0 Å². The van der Waals surface area contributed by atoms with E-state index in [-0.39, 0.29) is 136 Å². The zero-order valence-electron chi connectivity index (χ0n) is 6.54. The quantitative estimate of drug-likeness (QED) is 0.246. The van der Waals surface area contributed by atoms with Crippen molar-refractivity contribution in [1.29, 1.82) is 0 Å². The fraction of sp³-hybridized carbons (Fsp3) is 0. The molecule has 0 N–H and O–H groups in total. The molecule has 0 heterocycles. The van der Waals surface area contributed by atoms with Gasteiger partial charge in [-0.05, 0) is 0 Å². The molecule has 0 unspecified atom stereocenters. The molecule has 0 aliphatic rings. The van der Waals surface area contributed by atoms with Crippen LogP contribution in [0, 0.1) is 0 Å². The number of hydrogen-bond donors (Lipinski definition) is 0. The number of rotatable bonds is 2. The second-order valence-electron chi connectivity index (χ2n) is 0.770. The maximum absolute atomic E-state index is 8.81. The van der Waals surface area contributed by atoms with E-state index in [2.05, 4.69) is 9.61 Å². The summed E-state index contributed by atoms with van der Waals surface area (Å²) in [6.45, 7) is 0. The normalized spacial score (nSPS) is 6.00. The van der Waals surface area contributed by atoms with Gasteiger partial charge in [-0.2, -0.15) is 0 Å². The smallest absolute Gasteiger partial charge is 0.871 e. The molecule has 0 amide bonds. The minimum atomic E-state index is -2.67. The predicted molar refractivity (Wildman–Crippen MR) is 30.9 cm³/mol. The van der Waals surface area contributed by atoms with E-state index in [1.165, 1.54) is 0 Å². The molecular formula is B2O8Sr3. The van der Waals surface area contributed by atoms with Gasteiger partial charge in [-0.3, -0.25) is 0 Å². The van der Waals surface area contributed by atoms with Crippen molar-refractivity contribution >= 4 is 151 Å². The van der Waals surface area contributed by atoms with Crippen molar-refractivity contribution in [1.82, 2.24) is 0 Å². The fourth-order valence-corrected chi connectivity index (χ4v) is 0. The zero-order valence-corrected chi connectivity index (χ0v) is 17.0. The molecule has 0 saturated heterocycles. The van der Waals surface area contributed by atoms with E-state index in [9.17, 15) is 0 Å². The van der Waals surface area contributed by atoms with Crippen LogP contribution in [0.2, 0.25) is 0 Å². The van der Waals surface area contributed by atoms with Crippen molar-refractivity contribution in [2.45, 2.75) is 0 Å². The molecule has 0 atom stereocenters. The molecule has 0 aliphatic heterocycles. The van der Waals surface area contributed by atoms with Gasteiger partial charge < -0.3 is 40.2 Å². The summed E-state index contributed by atoms with van der Waals surface area (Å²) in [6, 6.07) is 0. The SMILES string of the molecule is [O-]OB([O-])[O-].[O-]OB([O-])[O-].[Sr+2].[Sr+2].[Sr+2]. The van der Waals surface area contributed by atoms with Crippen LogP contribution in [-0.2, 0) is 9.61 Å². The van der Waals surface area contributed by atoms with E-state index in [0.717, 1.165) is 0 Å². The van der Waals surface area contributed by atoms with Gasteiger partial charge in [-0.15, -0.1) is 0 Å². The summed E-state index contributed by atoms with van der Waals surface area (Å²) in [5.74, 6) is 0. The average molecular weight is 412 g/mol. The van der Waals surface area contributed by atoms with Crippen LogP contribution in [-0.4, -0.2) is 151 Å². The Hall–Kier alpha value is 4.25. The average Bonchev–Trinajstić information content (AvgIpc) is 1.89. The third kappa shape index (κ3) is 48.5. The van der Waals surface area contributed by atoms with Gasteiger partial charge in [0.25, 0.3) is 0 Å². The van der Waals surface area contributed by atoms with Crippen molar-refractivity contribution in [3.8, 4) is 0 Å². The molecule has 8 nitrogen and oxygen atoms in total. The van der Waals surface area contributed by atoms with Crippen LogP contribution in [0.5, 0.6) is 0 Å². The van der Waals surface area contributed by atoms with Crippen molar-refractivity contribution in [2.24, 2.45) is 0 Å². The molecule has 0 rings (SSSR count). The van der Waals surface area contributed by atoms with E-state index in [0.29, 0.717) is 0 Å². The van der Waals surface area contributed by atoms with Crippen LogP contribution >= 0.6 is 0 Å². The summed E-state index contributed by atoms with van der Waals surface area (Å²) in [5, 5.41) is 52.2. The first kappa shape index (κ1) is 30.4. The maximum Gasteiger partial charge on any atom is 2.00 e. The van der Waals surface area contributed by atoms with Gasteiger partial charge in [-0.25, -0.2) is 0 Å². The Kier molecular flexibility index (Phi) is 58.8. The fourth-order valence-electron chi connectivity index (χ4n) is 0. The molecular weight excluding hydrogens is 412 g/mol. The molecule has 60 valence electrons. The second kappa shape index (κ2) is 25.2. The van der Waals surface area contributed by atoms with E-state index < -0.39 is 14.6 Å². The van der Waals surface area contributed by atoms with Crippen LogP contribution in [0.1, 0.15) is 0 Å². The molecule has 13 heavy (non-hydrogen) atoms. The largest absolute Gasteiger partial charge is 2.00 e. The second-order valence-corrected chi connectivity index (χ2v) is 0.770. The molecule has 13 heteroatoms. The Morgan fingerprint density at radius 1 is 0.615 bits per heavy atom. The summed E-state index contributed by atoms with van der Waals surface area (Å²) in [6.07, 6.45) is 0. The first-order chi connectivity index (χ1) is 4.54. The van der Waals surface area contributed by atoms with Crippen molar-refractivity contribution in [3.63, 3.8) is 0 Å². The Bertz CT molecular complexity index is 53.4. The molecule has 0 aromatic heterocycles. The Morgan fingerprint density at radius 3 is 0.692 bits per heavy atom. The summed E-state index contributed by atoms with van der Waals surface area (Å²) in [5.41, 5.74) is 0. The van der Waals surface area contributed by atoms with Crippen LogP contribution in [0.25, 0.3) is 0 Å². The zero-order chi connectivity index (χ0) is 8.57. The first-order valence-electron chi connectivity index (χ1n) is 1.75. The Balaban J connectivity index is -0.0000000267. The van der Waals surface area contributed by atoms with Crippen LogP contribution < -0.4 is 30.6 Å². The van der Waals surface area contributed by atoms with Crippen LogP contribution in [0.15, 0.2) is 0 Å². The third-order valence-corrected chi connectivity index (χ3v) is 0.157. The summed E-state index contributed by atoms with van der Waals surface area (Å²) < 4.78 is 0. The van der Waals surface area contributed by atoms with Gasteiger partial charge in [-0.1, -0.05) is 0 Å². The molecule has 0 radical (unpaired) electrons. The van der Waals surface area contributed by atoms with E-state index >= 15 is 0 Å². The molecule has 0 saturated carbocycles. The van der Waals surface area contributed by atoms with Gasteiger partial charge in [0, 0.05) is 14.6 Å². The minimum Gasteiger partial charge on any atom is -0.871 e. The standard InChI is InChI=1S/2BHO4.3Sr/c2*2-1(3)5-4;;;/h2*4H;;;/q2*-2;3*+2/p-2. The third-order valence-electron chi connectivity index (χ3n) is 0.157. The van der Waals surface area contributed by atoms with E-state index in [4.69, 9.17) is 30.6 Å². The van der Waals surface area contributed by atoms with Crippen molar-refractivity contribution < 1.29 is 40.2 Å². The summed E-state index contributed by atoms with van der Waals surface area (Å²) in [4.78, 5) is 4.78. The minimum absolute atomic E-state index is 0. The van der Waals surface area contributed by atoms with Gasteiger partial charge in [0.15, 0.2) is 0 Å². The van der Waals surface area contributed by atoms with Crippen LogP contribution in [0.4, 0.5) is 0 Å². The van der Waals surface area contributed by atoms with Crippen LogP contribution in [0.3, 0.4) is 0 Å². The van der Waals surface area contributed by atoms with Gasteiger partial charge in [0.05, 0.1) is 0 Å². The van der Waals surface area contributed by atoms with E-state index in [1.807, 2.05) is 0 Å². The summed E-state index contributed by atoms with van der Waals surface area (Å²) >= 11 is 0. The number of hydrogen-bond acceptors (Lipinski definition) is 8. The molecule has 0 aliphatic carbocycles. The molecule has 0 aromatic rings. The first-order valence-corrected chi connectivity index (χ1v) is 1.75. The molecule has 0 bridgehead atoms. The van der Waals surface area contributed by atoms with Gasteiger partial charge in [0.2, 0.25) is 0 Å². The predicted octanol–water partition coefficient (Wildman–Crippen LogP) is -9.17. The Morgan fingerprint density at radius 2 is 0.692 bits per heavy atom. The topological polar surface area (TPSA) is 157 Å². The van der Waals surface area contributed by atoms with Gasteiger partial charge in [0.1, 0.15) is 0 Å². The monoisotopic (exact) mass is 414 g/mol. The van der Waals surface area contributed by atoms with Crippen molar-refractivity contribution in [3.05, 3.63) is 0 Å². The summed E-state index contributed by atoms with van der Waals surface area (Å²) in [7, 11) is -5.34. The maximum atomic E-state index is 8.81. The molecule has 0 fully saturated rings. The molecule has 0 spiro atoms. The Labute approximate surface area is 186 Å².